The molecule has 1 aromatic carbocycles. The van der Waals surface area contributed by atoms with Crippen molar-refractivity contribution >= 4 is 28.3 Å². The van der Waals surface area contributed by atoms with Crippen molar-refractivity contribution in [2.75, 3.05) is 19.4 Å². The Morgan fingerprint density at radius 3 is 2.91 bits per heavy atom. The highest BCUT2D eigenvalue weighted by atomic mass is 16.5. The molecule has 7 heteroatoms. The standard InChI is InChI=1S/C16H18N6O/c1-3-23-10-4-5-11-9(6-10)7-12(22-11)14(17)13-15(18)20-8-21-16(13)19-2/h4-8,17,22H,3H2,1-2H3,(H3,18,19,20,21)/p+1. The van der Waals surface area contributed by atoms with Gasteiger partial charge in [0.2, 0.25) is 5.82 Å². The van der Waals surface area contributed by atoms with Gasteiger partial charge in [0.05, 0.1) is 25.1 Å². The number of fused-ring (bicyclic) bond motifs is 1. The molecular weight excluding hydrogens is 292 g/mol. The minimum Gasteiger partial charge on any atom is -0.494 e. The number of nitrogens with one attached hydrogen (secondary N) is 2. The average molecular weight is 311 g/mol. The van der Waals surface area contributed by atoms with Gasteiger partial charge in [-0.2, -0.15) is 4.98 Å². The maximum atomic E-state index is 8.48. The summed E-state index contributed by atoms with van der Waals surface area (Å²) < 4.78 is 5.51. The zero-order valence-corrected chi connectivity index (χ0v) is 13.1. The van der Waals surface area contributed by atoms with E-state index in [0.29, 0.717) is 29.5 Å². The van der Waals surface area contributed by atoms with Crippen LogP contribution < -0.4 is 15.8 Å². The van der Waals surface area contributed by atoms with Crippen LogP contribution >= 0.6 is 0 Å². The predicted octanol–water partition coefficient (Wildman–Crippen LogP) is 1.18. The van der Waals surface area contributed by atoms with Crippen molar-refractivity contribution in [3.8, 4) is 5.75 Å². The lowest BCUT2D eigenvalue weighted by atomic mass is 10.1. The van der Waals surface area contributed by atoms with Crippen molar-refractivity contribution in [1.29, 1.82) is 5.41 Å². The van der Waals surface area contributed by atoms with E-state index < -0.39 is 0 Å². The Labute approximate surface area is 133 Å². The van der Waals surface area contributed by atoms with E-state index in [1.165, 1.54) is 6.33 Å². The van der Waals surface area contributed by atoms with Crippen molar-refractivity contribution in [1.82, 2.24) is 15.0 Å². The van der Waals surface area contributed by atoms with Crippen molar-refractivity contribution < 1.29 is 10.1 Å². The second kappa shape index (κ2) is 6.05. The minimum atomic E-state index is 0.269. The number of aromatic nitrogens is 3. The molecule has 0 fully saturated rings. The van der Waals surface area contributed by atoms with Crippen LogP contribution in [0.15, 0.2) is 30.6 Å². The third kappa shape index (κ3) is 2.74. The van der Waals surface area contributed by atoms with Gasteiger partial charge in [0, 0.05) is 10.9 Å². The molecule has 0 unspecified atom stereocenters. The van der Waals surface area contributed by atoms with E-state index >= 15 is 0 Å². The largest absolute Gasteiger partial charge is 0.494 e. The lowest BCUT2D eigenvalue weighted by Gasteiger charge is -2.06. The number of benzene rings is 1. The highest BCUT2D eigenvalue weighted by Crippen LogP contribution is 2.24. The van der Waals surface area contributed by atoms with Gasteiger partial charge in [-0.1, -0.05) is 0 Å². The molecule has 0 aliphatic heterocycles. The fourth-order valence-electron chi connectivity index (χ4n) is 2.53. The van der Waals surface area contributed by atoms with Crippen molar-refractivity contribution in [3.05, 3.63) is 41.9 Å². The summed E-state index contributed by atoms with van der Waals surface area (Å²) in [5.74, 6) is 1.75. The first-order valence-electron chi connectivity index (χ1n) is 7.38. The van der Waals surface area contributed by atoms with Crippen LogP contribution in [-0.4, -0.2) is 34.3 Å². The van der Waals surface area contributed by atoms with Gasteiger partial charge in [-0.05, 0) is 31.2 Å². The molecule has 0 radical (unpaired) electrons. The molecule has 0 saturated heterocycles. The zero-order valence-electron chi connectivity index (χ0n) is 13.1. The highest BCUT2D eigenvalue weighted by molar-refractivity contribution is 6.16. The van der Waals surface area contributed by atoms with Crippen LogP contribution in [0.25, 0.3) is 10.9 Å². The second-order valence-electron chi connectivity index (χ2n) is 5.05. The first-order valence-corrected chi connectivity index (χ1v) is 7.38. The topological polar surface area (TPSA) is 117 Å². The van der Waals surface area contributed by atoms with Gasteiger partial charge < -0.3 is 15.5 Å². The highest BCUT2D eigenvalue weighted by Gasteiger charge is 2.19. The third-order valence-electron chi connectivity index (χ3n) is 3.60. The third-order valence-corrected chi connectivity index (χ3v) is 3.60. The normalized spacial score (nSPS) is 10.9. The lowest BCUT2D eigenvalue weighted by molar-refractivity contribution is -0.543. The van der Waals surface area contributed by atoms with Crippen LogP contribution in [0.2, 0.25) is 0 Å². The number of ether oxygens (including phenoxy) is 1. The summed E-state index contributed by atoms with van der Waals surface area (Å²) in [4.78, 5) is 11.4. The molecule has 0 aliphatic rings. The number of hydrogen-bond acceptors (Lipinski definition) is 5. The smallest absolute Gasteiger partial charge is 0.238 e. The van der Waals surface area contributed by atoms with E-state index in [4.69, 9.17) is 15.9 Å². The summed E-state index contributed by atoms with van der Waals surface area (Å²) in [6.07, 6.45) is 1.40. The molecule has 7 nitrogen and oxygen atoms in total. The number of rotatable bonds is 5. The zero-order chi connectivity index (χ0) is 16.4. The van der Waals surface area contributed by atoms with E-state index in [1.807, 2.05) is 43.6 Å². The molecule has 3 rings (SSSR count). The van der Waals surface area contributed by atoms with Crippen LogP contribution in [0.5, 0.6) is 5.75 Å². The van der Waals surface area contributed by atoms with Crippen LogP contribution in [0, 0.1) is 5.41 Å². The molecule has 0 aliphatic carbocycles. The van der Waals surface area contributed by atoms with Crippen LogP contribution in [-0.2, 0) is 0 Å². The Morgan fingerprint density at radius 2 is 2.17 bits per heavy atom. The molecule has 0 atom stereocenters. The van der Waals surface area contributed by atoms with Gasteiger partial charge in [-0.15, -0.1) is 0 Å². The molecule has 23 heavy (non-hydrogen) atoms. The van der Waals surface area contributed by atoms with E-state index in [1.54, 1.807) is 0 Å². The van der Waals surface area contributed by atoms with E-state index in [0.717, 1.165) is 16.7 Å². The molecule has 0 bridgehead atoms. The van der Waals surface area contributed by atoms with Gasteiger partial charge in [0.25, 0.3) is 0 Å². The number of aromatic amines is 1. The van der Waals surface area contributed by atoms with Crippen LogP contribution in [0.1, 0.15) is 18.2 Å². The molecule has 0 amide bonds. The van der Waals surface area contributed by atoms with Crippen molar-refractivity contribution in [2.45, 2.75) is 6.92 Å². The number of quaternary nitrogens is 1. The van der Waals surface area contributed by atoms with E-state index in [-0.39, 0.29) is 5.71 Å². The number of nitrogens with two attached hydrogens (primary N) is 2. The fourth-order valence-corrected chi connectivity index (χ4v) is 2.53. The fraction of sp³-hybridized carbons (Fsp3) is 0.188. The summed E-state index contributed by atoms with van der Waals surface area (Å²) >= 11 is 0. The minimum absolute atomic E-state index is 0.269. The number of nitrogen functional groups attached to an aromatic ring is 1. The average Bonchev–Trinajstić information content (AvgIpc) is 2.97. The predicted molar refractivity (Wildman–Crippen MR) is 89.4 cm³/mol. The number of H-pyrrole nitrogens is 1. The second-order valence-corrected chi connectivity index (χ2v) is 5.05. The van der Waals surface area contributed by atoms with E-state index in [2.05, 4.69) is 15.0 Å². The molecule has 2 aromatic heterocycles. The Balaban J connectivity index is 2.05. The molecule has 118 valence electrons. The summed E-state index contributed by atoms with van der Waals surface area (Å²) in [7, 11) is 1.86. The SMILES string of the molecule is CCOc1ccc2[nH]c(C(=N)c3c(N)ncnc3[NH2+]C)cc2c1. The van der Waals surface area contributed by atoms with Gasteiger partial charge >= 0.3 is 0 Å². The number of anilines is 1. The maximum absolute atomic E-state index is 8.48. The molecule has 0 saturated carbocycles. The lowest BCUT2D eigenvalue weighted by Crippen LogP contribution is -2.74. The number of hydrogen-bond donors (Lipinski definition) is 4. The van der Waals surface area contributed by atoms with Gasteiger partial charge in [0.15, 0.2) is 0 Å². The maximum Gasteiger partial charge on any atom is 0.238 e. The molecule has 0 spiro atoms. The van der Waals surface area contributed by atoms with Crippen LogP contribution in [0.4, 0.5) is 11.6 Å². The van der Waals surface area contributed by atoms with Crippen LogP contribution in [0.3, 0.4) is 0 Å². The van der Waals surface area contributed by atoms with E-state index in [9.17, 15) is 0 Å². The van der Waals surface area contributed by atoms with Gasteiger partial charge in [0.1, 0.15) is 23.5 Å². The summed E-state index contributed by atoms with van der Waals surface area (Å²) in [6, 6.07) is 7.70. The first kappa shape index (κ1) is 15.0. The molecular formula is C16H19N6O+. The quantitative estimate of drug-likeness (QED) is 0.529. The Hall–Kier alpha value is -2.93. The van der Waals surface area contributed by atoms with Gasteiger partial charge in [-0.3, -0.25) is 10.7 Å². The van der Waals surface area contributed by atoms with Crippen molar-refractivity contribution in [2.24, 2.45) is 0 Å². The molecule has 3 aromatic rings. The van der Waals surface area contributed by atoms with Gasteiger partial charge in [-0.25, -0.2) is 4.98 Å². The summed E-state index contributed by atoms with van der Waals surface area (Å²) in [5.41, 5.74) is 8.35. The molecule has 6 N–H and O–H groups in total. The first-order chi connectivity index (χ1) is 11.1. The monoisotopic (exact) mass is 311 g/mol. The Kier molecular flexibility index (Phi) is 3.94. The summed E-state index contributed by atoms with van der Waals surface area (Å²) in [5, 5.41) is 11.3. The molecule has 2 heterocycles. The number of nitrogens with zero attached hydrogens (tertiary/aromatic N) is 2. The Morgan fingerprint density at radius 1 is 1.35 bits per heavy atom. The Bertz CT molecular complexity index is 870. The summed E-state index contributed by atoms with van der Waals surface area (Å²) in [6.45, 7) is 2.57. The van der Waals surface area contributed by atoms with Crippen molar-refractivity contribution in [3.63, 3.8) is 0 Å².